The van der Waals surface area contributed by atoms with E-state index in [1.165, 1.54) is 0 Å². The summed E-state index contributed by atoms with van der Waals surface area (Å²) in [6, 6.07) is -0.0104. The zero-order valence-electron chi connectivity index (χ0n) is 10.1. The molecule has 2 unspecified atom stereocenters. The highest BCUT2D eigenvalue weighted by Gasteiger charge is 2.17. The van der Waals surface area contributed by atoms with Gasteiger partial charge in [0.05, 0.1) is 0 Å². The van der Waals surface area contributed by atoms with Gasteiger partial charge in [-0.15, -0.1) is 0 Å². The van der Waals surface area contributed by atoms with E-state index in [1.807, 2.05) is 27.7 Å². The van der Waals surface area contributed by atoms with Crippen molar-refractivity contribution in [2.24, 2.45) is 0 Å². The summed E-state index contributed by atoms with van der Waals surface area (Å²) in [5.74, 6) is 0.594. The maximum absolute atomic E-state index is 11.3. The SMILES string of the molecule is CC(CCS(C)=O)NC(=O)OC(C)(C)C. The second kappa shape index (κ2) is 6.10. The van der Waals surface area contributed by atoms with Crippen molar-refractivity contribution in [1.82, 2.24) is 5.32 Å². The van der Waals surface area contributed by atoms with Gasteiger partial charge < -0.3 is 10.1 Å². The van der Waals surface area contributed by atoms with Gasteiger partial charge in [0, 0.05) is 28.9 Å². The zero-order chi connectivity index (χ0) is 12.1. The van der Waals surface area contributed by atoms with Crippen LogP contribution in [0.2, 0.25) is 0 Å². The lowest BCUT2D eigenvalue weighted by Gasteiger charge is -2.21. The molecule has 0 heterocycles. The summed E-state index contributed by atoms with van der Waals surface area (Å²) < 4.78 is 15.9. The van der Waals surface area contributed by atoms with Crippen molar-refractivity contribution in [2.75, 3.05) is 12.0 Å². The highest BCUT2D eigenvalue weighted by atomic mass is 32.2. The normalized spacial score (nSPS) is 15.5. The van der Waals surface area contributed by atoms with E-state index in [2.05, 4.69) is 5.32 Å². The molecule has 0 bridgehead atoms. The van der Waals surface area contributed by atoms with E-state index in [1.54, 1.807) is 6.26 Å². The largest absolute Gasteiger partial charge is 0.444 e. The molecule has 15 heavy (non-hydrogen) atoms. The molecule has 0 radical (unpaired) electrons. The van der Waals surface area contributed by atoms with Crippen molar-refractivity contribution >= 4 is 16.9 Å². The molecular weight excluding hydrogens is 214 g/mol. The number of ether oxygens (including phenoxy) is 1. The lowest BCUT2D eigenvalue weighted by molar-refractivity contribution is 0.0507. The molecule has 0 aliphatic rings. The van der Waals surface area contributed by atoms with E-state index in [4.69, 9.17) is 4.74 Å². The predicted octanol–water partition coefficient (Wildman–Crippen LogP) is 1.67. The Bertz CT molecular complexity index is 235. The Labute approximate surface area is 94.2 Å². The van der Waals surface area contributed by atoms with E-state index in [-0.39, 0.29) is 6.04 Å². The van der Waals surface area contributed by atoms with Crippen molar-refractivity contribution < 1.29 is 13.7 Å². The van der Waals surface area contributed by atoms with Crippen LogP contribution in [0, 0.1) is 0 Å². The van der Waals surface area contributed by atoms with Gasteiger partial charge in [-0.05, 0) is 34.1 Å². The van der Waals surface area contributed by atoms with Crippen LogP contribution in [0.3, 0.4) is 0 Å². The molecule has 0 aliphatic carbocycles. The molecule has 2 atom stereocenters. The summed E-state index contributed by atoms with van der Waals surface area (Å²) in [6.45, 7) is 7.33. The third-order valence-corrected chi connectivity index (χ3v) is 2.41. The minimum absolute atomic E-state index is 0.0104. The van der Waals surface area contributed by atoms with Crippen LogP contribution < -0.4 is 5.32 Å². The van der Waals surface area contributed by atoms with E-state index < -0.39 is 22.5 Å². The summed E-state index contributed by atoms with van der Waals surface area (Å²) in [4.78, 5) is 11.3. The summed E-state index contributed by atoms with van der Waals surface area (Å²) in [5.41, 5.74) is -0.475. The summed E-state index contributed by atoms with van der Waals surface area (Å²) >= 11 is 0. The second-order valence-electron chi connectivity index (χ2n) is 4.61. The van der Waals surface area contributed by atoms with Gasteiger partial charge in [0.15, 0.2) is 0 Å². The first-order valence-electron chi connectivity index (χ1n) is 5.00. The van der Waals surface area contributed by atoms with Crippen LogP contribution in [0.15, 0.2) is 0 Å². The Kier molecular flexibility index (Phi) is 5.87. The molecule has 0 saturated carbocycles. The van der Waals surface area contributed by atoms with Gasteiger partial charge >= 0.3 is 6.09 Å². The molecule has 1 amide bonds. The van der Waals surface area contributed by atoms with Crippen molar-refractivity contribution in [3.05, 3.63) is 0 Å². The Morgan fingerprint density at radius 2 is 2.00 bits per heavy atom. The summed E-state index contributed by atoms with van der Waals surface area (Å²) in [6.07, 6.45) is 1.93. The van der Waals surface area contributed by atoms with Gasteiger partial charge in [-0.1, -0.05) is 0 Å². The lowest BCUT2D eigenvalue weighted by Crippen LogP contribution is -2.38. The van der Waals surface area contributed by atoms with Crippen molar-refractivity contribution in [1.29, 1.82) is 0 Å². The fourth-order valence-corrected chi connectivity index (χ4v) is 1.61. The van der Waals surface area contributed by atoms with E-state index in [9.17, 15) is 9.00 Å². The number of rotatable bonds is 4. The average Bonchev–Trinajstić information content (AvgIpc) is 1.96. The van der Waals surface area contributed by atoms with Gasteiger partial charge in [0.2, 0.25) is 0 Å². The Morgan fingerprint density at radius 3 is 2.40 bits per heavy atom. The molecule has 0 aromatic rings. The topological polar surface area (TPSA) is 55.4 Å². The molecule has 0 rings (SSSR count). The van der Waals surface area contributed by atoms with Crippen LogP contribution >= 0.6 is 0 Å². The van der Waals surface area contributed by atoms with Crippen molar-refractivity contribution in [3.63, 3.8) is 0 Å². The number of alkyl carbamates (subject to hydrolysis) is 1. The Hall–Kier alpha value is -0.580. The van der Waals surface area contributed by atoms with Crippen LogP contribution in [-0.4, -0.2) is 34.0 Å². The monoisotopic (exact) mass is 235 g/mol. The second-order valence-corrected chi connectivity index (χ2v) is 6.17. The van der Waals surface area contributed by atoms with E-state index in [0.717, 1.165) is 0 Å². The molecule has 1 N–H and O–H groups in total. The van der Waals surface area contributed by atoms with E-state index >= 15 is 0 Å². The third kappa shape index (κ3) is 9.72. The number of hydrogen-bond donors (Lipinski definition) is 1. The van der Waals surface area contributed by atoms with Crippen LogP contribution in [0.25, 0.3) is 0 Å². The number of hydrogen-bond acceptors (Lipinski definition) is 3. The molecule has 0 spiro atoms. The first-order chi connectivity index (χ1) is 6.70. The van der Waals surface area contributed by atoms with Gasteiger partial charge in [-0.2, -0.15) is 0 Å². The van der Waals surface area contributed by atoms with Crippen LogP contribution in [-0.2, 0) is 15.5 Å². The van der Waals surface area contributed by atoms with Gasteiger partial charge in [-0.3, -0.25) is 4.21 Å². The molecule has 0 aromatic carbocycles. The minimum Gasteiger partial charge on any atom is -0.444 e. The molecule has 0 fully saturated rings. The summed E-state index contributed by atoms with van der Waals surface area (Å²) in [7, 11) is -0.812. The minimum atomic E-state index is -0.812. The molecule has 5 heteroatoms. The average molecular weight is 235 g/mol. The smallest absolute Gasteiger partial charge is 0.407 e. The van der Waals surface area contributed by atoms with Crippen molar-refractivity contribution in [2.45, 2.75) is 45.8 Å². The number of nitrogens with one attached hydrogen (secondary N) is 1. The zero-order valence-corrected chi connectivity index (χ0v) is 10.9. The number of carbonyl (C=O) groups excluding carboxylic acids is 1. The van der Waals surface area contributed by atoms with Gasteiger partial charge in [-0.25, -0.2) is 4.79 Å². The highest BCUT2D eigenvalue weighted by molar-refractivity contribution is 7.84. The quantitative estimate of drug-likeness (QED) is 0.806. The Morgan fingerprint density at radius 1 is 1.47 bits per heavy atom. The maximum Gasteiger partial charge on any atom is 0.407 e. The van der Waals surface area contributed by atoms with Crippen LogP contribution in [0.1, 0.15) is 34.1 Å². The van der Waals surface area contributed by atoms with E-state index in [0.29, 0.717) is 12.2 Å². The first kappa shape index (κ1) is 14.4. The number of amides is 1. The lowest BCUT2D eigenvalue weighted by atomic mass is 10.2. The third-order valence-electron chi connectivity index (χ3n) is 1.60. The van der Waals surface area contributed by atoms with Gasteiger partial charge in [0.25, 0.3) is 0 Å². The molecule has 0 saturated heterocycles. The molecular formula is C10H21NO3S. The Balaban J connectivity index is 3.81. The highest BCUT2D eigenvalue weighted by Crippen LogP contribution is 2.07. The molecule has 90 valence electrons. The van der Waals surface area contributed by atoms with Gasteiger partial charge in [0.1, 0.15) is 5.60 Å². The maximum atomic E-state index is 11.3. The molecule has 0 aliphatic heterocycles. The van der Waals surface area contributed by atoms with Crippen LogP contribution in [0.4, 0.5) is 4.79 Å². The fraction of sp³-hybridized carbons (Fsp3) is 0.900. The standard InChI is InChI=1S/C10H21NO3S/c1-8(6-7-15(5)13)11-9(12)14-10(2,3)4/h8H,6-7H2,1-5H3,(H,11,12). The first-order valence-corrected chi connectivity index (χ1v) is 6.73. The summed E-state index contributed by atoms with van der Waals surface area (Å²) in [5, 5.41) is 2.70. The molecule has 0 aromatic heterocycles. The number of carbonyl (C=O) groups is 1. The molecule has 4 nitrogen and oxygen atoms in total. The van der Waals surface area contributed by atoms with Crippen LogP contribution in [0.5, 0.6) is 0 Å². The fourth-order valence-electron chi connectivity index (χ4n) is 0.924. The predicted molar refractivity (Wildman–Crippen MR) is 62.4 cm³/mol. The van der Waals surface area contributed by atoms with Crippen molar-refractivity contribution in [3.8, 4) is 0 Å².